The van der Waals surface area contributed by atoms with Crippen molar-refractivity contribution in [3.63, 3.8) is 0 Å². The Morgan fingerprint density at radius 1 is 1.18 bits per heavy atom. The van der Waals surface area contributed by atoms with Gasteiger partial charge in [-0.15, -0.1) is 11.3 Å². The third kappa shape index (κ3) is 6.58. The van der Waals surface area contributed by atoms with E-state index in [1.54, 1.807) is 0 Å². The Hall–Kier alpha value is 0.140. The minimum atomic E-state index is 1.17. The van der Waals surface area contributed by atoms with Gasteiger partial charge in [-0.1, -0.05) is 19.8 Å². The molecule has 1 aromatic rings. The Morgan fingerprint density at radius 3 is 2.59 bits per heavy atom. The first-order valence-electron chi connectivity index (χ1n) is 6.69. The average Bonchev–Trinajstić information content (AvgIpc) is 2.62. The average molecular weight is 318 g/mol. The number of hydrogen-bond acceptors (Lipinski definition) is 2. The zero-order chi connectivity index (χ0) is 12.5. The van der Waals surface area contributed by atoms with Crippen LogP contribution in [0, 0.1) is 6.92 Å². The summed E-state index contributed by atoms with van der Waals surface area (Å²) in [5, 5.41) is 3.45. The summed E-state index contributed by atoms with van der Waals surface area (Å²) in [7, 11) is 0. The zero-order valence-corrected chi connectivity index (χ0v) is 13.4. The molecule has 0 radical (unpaired) electrons. The fraction of sp³-hybridized carbons (Fsp3) is 0.714. The Bertz CT molecular complexity index is 290. The van der Waals surface area contributed by atoms with Crippen LogP contribution >= 0.6 is 27.3 Å². The van der Waals surface area contributed by atoms with E-state index < -0.39 is 0 Å². The van der Waals surface area contributed by atoms with Crippen LogP contribution in [0.4, 0.5) is 0 Å². The lowest BCUT2D eigenvalue weighted by molar-refractivity contribution is 0.585. The molecule has 0 fully saturated rings. The molecule has 0 atom stereocenters. The van der Waals surface area contributed by atoms with Gasteiger partial charge in [0.05, 0.1) is 3.79 Å². The van der Waals surface area contributed by atoms with Crippen molar-refractivity contribution in [2.45, 2.75) is 52.4 Å². The number of rotatable bonds is 9. The zero-order valence-electron chi connectivity index (χ0n) is 11.0. The van der Waals surface area contributed by atoms with Gasteiger partial charge >= 0.3 is 0 Å². The highest BCUT2D eigenvalue weighted by molar-refractivity contribution is 9.11. The van der Waals surface area contributed by atoms with Crippen LogP contribution in [0.3, 0.4) is 0 Å². The monoisotopic (exact) mass is 317 g/mol. The third-order valence-corrected chi connectivity index (χ3v) is 5.06. The number of unbranched alkanes of at least 4 members (excludes halogenated alkanes) is 3. The molecule has 0 unspecified atom stereocenters. The summed E-state index contributed by atoms with van der Waals surface area (Å²) in [5.41, 5.74) is 1.38. The summed E-state index contributed by atoms with van der Waals surface area (Å²) in [6, 6.07) is 2.32. The largest absolute Gasteiger partial charge is 0.317 e. The van der Waals surface area contributed by atoms with Crippen LogP contribution in [0.25, 0.3) is 0 Å². The first kappa shape index (κ1) is 15.2. The number of nitrogens with one attached hydrogen (secondary N) is 1. The van der Waals surface area contributed by atoms with Crippen molar-refractivity contribution in [1.82, 2.24) is 5.32 Å². The Kier molecular flexibility index (Phi) is 8.15. The summed E-state index contributed by atoms with van der Waals surface area (Å²) in [6.45, 7) is 6.75. The van der Waals surface area contributed by atoms with Crippen LogP contribution in [-0.4, -0.2) is 13.1 Å². The molecule has 0 amide bonds. The van der Waals surface area contributed by atoms with Crippen LogP contribution in [0.15, 0.2) is 9.85 Å². The van der Waals surface area contributed by atoms with Crippen molar-refractivity contribution in [1.29, 1.82) is 0 Å². The molecule has 1 N–H and O–H groups in total. The first-order valence-corrected chi connectivity index (χ1v) is 8.30. The molecule has 98 valence electrons. The molecule has 1 nitrogen and oxygen atoms in total. The van der Waals surface area contributed by atoms with Crippen molar-refractivity contribution in [2.24, 2.45) is 0 Å². The number of aryl methyl sites for hydroxylation is 2. The normalized spacial score (nSPS) is 11.0. The smallest absolute Gasteiger partial charge is 0.0730 e. The molecular weight excluding hydrogens is 294 g/mol. The van der Waals surface area contributed by atoms with Gasteiger partial charge in [0.2, 0.25) is 0 Å². The predicted molar refractivity (Wildman–Crippen MR) is 82.1 cm³/mol. The standard InChI is InChI=1S/C14H24BrNS/c1-3-9-16-10-7-5-4-6-8-13-11-12(2)14(15)17-13/h11,16H,3-10H2,1-2H3. The molecular formula is C14H24BrNS. The summed E-state index contributed by atoms with van der Waals surface area (Å²) in [6.07, 6.45) is 7.88. The minimum absolute atomic E-state index is 1.17. The van der Waals surface area contributed by atoms with Gasteiger partial charge in [-0.25, -0.2) is 0 Å². The molecule has 3 heteroatoms. The SMILES string of the molecule is CCCNCCCCCCc1cc(C)c(Br)s1. The van der Waals surface area contributed by atoms with Crippen LogP contribution in [0.1, 0.15) is 49.5 Å². The molecule has 0 aliphatic rings. The maximum atomic E-state index is 3.58. The first-order chi connectivity index (χ1) is 8.24. The van der Waals surface area contributed by atoms with Gasteiger partial charge in [0.1, 0.15) is 0 Å². The lowest BCUT2D eigenvalue weighted by atomic mass is 10.1. The number of thiophene rings is 1. The van der Waals surface area contributed by atoms with Crippen LogP contribution < -0.4 is 5.32 Å². The fourth-order valence-electron chi connectivity index (χ4n) is 1.85. The van der Waals surface area contributed by atoms with Crippen molar-refractivity contribution in [2.75, 3.05) is 13.1 Å². The van der Waals surface area contributed by atoms with Gasteiger partial charge in [-0.2, -0.15) is 0 Å². The second-order valence-electron chi connectivity index (χ2n) is 4.58. The second-order valence-corrected chi connectivity index (χ2v) is 7.04. The van der Waals surface area contributed by atoms with Crippen molar-refractivity contribution >= 4 is 27.3 Å². The number of hydrogen-bond donors (Lipinski definition) is 1. The predicted octanol–water partition coefficient (Wildman–Crippen LogP) is 4.92. The van der Waals surface area contributed by atoms with E-state index in [0.29, 0.717) is 0 Å². The van der Waals surface area contributed by atoms with Crippen LogP contribution in [-0.2, 0) is 6.42 Å². The Balaban J connectivity index is 1.97. The second kappa shape index (κ2) is 9.12. The summed E-state index contributed by atoms with van der Waals surface area (Å²) >= 11 is 5.48. The third-order valence-electron chi connectivity index (χ3n) is 2.86. The molecule has 0 aliphatic heterocycles. The summed E-state index contributed by atoms with van der Waals surface area (Å²) < 4.78 is 1.30. The topological polar surface area (TPSA) is 12.0 Å². The molecule has 1 heterocycles. The van der Waals surface area contributed by atoms with Crippen LogP contribution in [0.5, 0.6) is 0 Å². The van der Waals surface area contributed by atoms with Crippen molar-refractivity contribution < 1.29 is 0 Å². The summed E-state index contributed by atoms with van der Waals surface area (Å²) in [5.74, 6) is 0. The molecule has 0 spiro atoms. The molecule has 1 rings (SSSR count). The van der Waals surface area contributed by atoms with E-state index in [0.717, 1.165) is 0 Å². The maximum absolute atomic E-state index is 3.58. The molecule has 17 heavy (non-hydrogen) atoms. The molecule has 0 saturated heterocycles. The van der Waals surface area contributed by atoms with E-state index in [4.69, 9.17) is 0 Å². The minimum Gasteiger partial charge on any atom is -0.317 e. The van der Waals surface area contributed by atoms with Crippen molar-refractivity contribution in [3.8, 4) is 0 Å². The van der Waals surface area contributed by atoms with E-state index in [9.17, 15) is 0 Å². The Morgan fingerprint density at radius 2 is 1.94 bits per heavy atom. The quantitative estimate of drug-likeness (QED) is 0.637. The molecule has 0 saturated carbocycles. The Labute approximate surface area is 118 Å². The molecule has 1 aromatic heterocycles. The van der Waals surface area contributed by atoms with Crippen LogP contribution in [0.2, 0.25) is 0 Å². The summed E-state index contributed by atoms with van der Waals surface area (Å²) in [4.78, 5) is 1.53. The van der Waals surface area contributed by atoms with Gasteiger partial charge in [0.25, 0.3) is 0 Å². The molecule has 0 aliphatic carbocycles. The number of halogens is 1. The van der Waals surface area contributed by atoms with E-state index in [1.165, 1.54) is 65.8 Å². The fourth-order valence-corrected chi connectivity index (χ4v) is 3.52. The van der Waals surface area contributed by atoms with E-state index in [1.807, 2.05) is 11.3 Å². The van der Waals surface area contributed by atoms with Crippen molar-refractivity contribution in [3.05, 3.63) is 20.3 Å². The van der Waals surface area contributed by atoms with Gasteiger partial charge in [0.15, 0.2) is 0 Å². The van der Waals surface area contributed by atoms with Gasteiger partial charge in [-0.3, -0.25) is 0 Å². The maximum Gasteiger partial charge on any atom is 0.0730 e. The van der Waals surface area contributed by atoms with Gasteiger partial charge < -0.3 is 5.32 Å². The highest BCUT2D eigenvalue weighted by atomic mass is 79.9. The lowest BCUT2D eigenvalue weighted by Gasteiger charge is -2.02. The molecule has 0 bridgehead atoms. The van der Waals surface area contributed by atoms with Gasteiger partial charge in [-0.05, 0) is 73.3 Å². The van der Waals surface area contributed by atoms with E-state index in [2.05, 4.69) is 41.2 Å². The molecule has 0 aromatic carbocycles. The highest BCUT2D eigenvalue weighted by Gasteiger charge is 2.02. The van der Waals surface area contributed by atoms with Gasteiger partial charge in [0, 0.05) is 4.88 Å². The lowest BCUT2D eigenvalue weighted by Crippen LogP contribution is -2.15. The van der Waals surface area contributed by atoms with E-state index >= 15 is 0 Å². The van der Waals surface area contributed by atoms with E-state index in [-0.39, 0.29) is 0 Å². The highest BCUT2D eigenvalue weighted by Crippen LogP contribution is 2.28.